The Hall–Kier alpha value is -1.87. The van der Waals surface area contributed by atoms with E-state index in [4.69, 9.17) is 0 Å². The van der Waals surface area contributed by atoms with Crippen molar-refractivity contribution >= 4 is 33.2 Å². The monoisotopic (exact) mass is 408 g/mol. The Balaban J connectivity index is 1.59. The Bertz CT molecular complexity index is 923. The fourth-order valence-corrected chi connectivity index (χ4v) is 5.70. The molecule has 1 aliphatic rings. The summed E-state index contributed by atoms with van der Waals surface area (Å²) >= 11 is 1.34. The highest BCUT2D eigenvalue weighted by molar-refractivity contribution is 8.00. The molecule has 1 aliphatic heterocycles. The molecule has 0 aliphatic carbocycles. The number of sulfone groups is 1. The van der Waals surface area contributed by atoms with E-state index in [1.54, 1.807) is 0 Å². The Morgan fingerprint density at radius 3 is 2.67 bits per heavy atom. The highest BCUT2D eigenvalue weighted by Gasteiger charge is 2.29. The van der Waals surface area contributed by atoms with Gasteiger partial charge in [-0.1, -0.05) is 29.5 Å². The summed E-state index contributed by atoms with van der Waals surface area (Å²) in [5, 5.41) is 11.6. The summed E-state index contributed by atoms with van der Waals surface area (Å²) in [5.74, 6) is 1.23. The highest BCUT2D eigenvalue weighted by atomic mass is 32.2. The number of carbonyl (C=O) groups excluding carboxylic acids is 1. The summed E-state index contributed by atoms with van der Waals surface area (Å²) in [6.07, 6.45) is 1.26. The number of aromatic nitrogens is 3. The number of carbonyl (C=O) groups is 1. The molecule has 1 fully saturated rings. The average Bonchev–Trinajstić information content (AvgIpc) is 3.13. The van der Waals surface area contributed by atoms with Crippen LogP contribution in [-0.4, -0.2) is 45.8 Å². The van der Waals surface area contributed by atoms with E-state index < -0.39 is 9.84 Å². The molecule has 0 saturated carbocycles. The predicted molar refractivity (Wildman–Crippen MR) is 107 cm³/mol. The number of hydrogen-bond donors (Lipinski definition) is 1. The Kier molecular flexibility index (Phi) is 5.90. The third-order valence-corrected chi connectivity index (χ3v) is 7.66. The Morgan fingerprint density at radius 2 is 2.04 bits per heavy atom. The van der Waals surface area contributed by atoms with Gasteiger partial charge in [0.05, 0.1) is 16.8 Å². The van der Waals surface area contributed by atoms with Crippen LogP contribution in [0.2, 0.25) is 0 Å². The van der Waals surface area contributed by atoms with Gasteiger partial charge in [-0.3, -0.25) is 4.79 Å². The molecular formula is C18H24N4O3S2. The molecule has 146 valence electrons. The lowest BCUT2D eigenvalue weighted by Gasteiger charge is -2.12. The maximum absolute atomic E-state index is 12.4. The third-order valence-electron chi connectivity index (χ3n) is 4.69. The van der Waals surface area contributed by atoms with E-state index in [-0.39, 0.29) is 28.6 Å². The van der Waals surface area contributed by atoms with Crippen molar-refractivity contribution < 1.29 is 13.2 Å². The molecule has 1 aromatic heterocycles. The first-order valence-electron chi connectivity index (χ1n) is 8.86. The molecule has 7 nitrogen and oxygen atoms in total. The van der Waals surface area contributed by atoms with Crippen molar-refractivity contribution in [1.82, 2.24) is 14.8 Å². The van der Waals surface area contributed by atoms with Gasteiger partial charge in [-0.25, -0.2) is 8.42 Å². The predicted octanol–water partition coefficient (Wildman–Crippen LogP) is 2.22. The molecule has 1 amide bonds. The van der Waals surface area contributed by atoms with Gasteiger partial charge >= 0.3 is 0 Å². The molecular weight excluding hydrogens is 384 g/mol. The quantitative estimate of drug-likeness (QED) is 0.737. The van der Waals surface area contributed by atoms with Crippen LogP contribution in [0.5, 0.6) is 0 Å². The van der Waals surface area contributed by atoms with Gasteiger partial charge in [-0.15, -0.1) is 10.2 Å². The van der Waals surface area contributed by atoms with Crippen molar-refractivity contribution in [2.45, 2.75) is 37.1 Å². The second kappa shape index (κ2) is 8.02. The summed E-state index contributed by atoms with van der Waals surface area (Å²) < 4.78 is 25.1. The molecule has 2 aromatic rings. The number of anilines is 1. The number of rotatable bonds is 6. The van der Waals surface area contributed by atoms with Gasteiger partial charge in [0, 0.05) is 19.2 Å². The highest BCUT2D eigenvalue weighted by Crippen LogP contribution is 2.26. The molecule has 1 saturated heterocycles. The number of thioether (sulfide) groups is 1. The maximum atomic E-state index is 12.4. The van der Waals surface area contributed by atoms with Gasteiger partial charge in [0.1, 0.15) is 5.82 Å². The molecule has 1 aromatic carbocycles. The lowest BCUT2D eigenvalue weighted by Crippen LogP contribution is -2.22. The molecule has 3 rings (SSSR count). The normalized spacial score (nSPS) is 19.7. The fraction of sp³-hybridized carbons (Fsp3) is 0.500. The van der Waals surface area contributed by atoms with Gasteiger partial charge in [-0.05, 0) is 38.3 Å². The van der Waals surface area contributed by atoms with Crippen LogP contribution < -0.4 is 5.32 Å². The summed E-state index contributed by atoms with van der Waals surface area (Å²) in [7, 11) is -1.05. The minimum absolute atomic E-state index is 0.0954. The largest absolute Gasteiger partial charge is 0.325 e. The summed E-state index contributed by atoms with van der Waals surface area (Å²) in [5.41, 5.74) is 1.90. The van der Waals surface area contributed by atoms with E-state index in [0.717, 1.165) is 17.1 Å². The van der Waals surface area contributed by atoms with Crippen molar-refractivity contribution in [3.63, 3.8) is 0 Å². The van der Waals surface area contributed by atoms with E-state index in [1.165, 1.54) is 11.8 Å². The van der Waals surface area contributed by atoms with E-state index in [1.807, 2.05) is 49.7 Å². The van der Waals surface area contributed by atoms with Crippen LogP contribution in [0.3, 0.4) is 0 Å². The van der Waals surface area contributed by atoms with E-state index in [0.29, 0.717) is 18.0 Å². The number of benzene rings is 1. The minimum Gasteiger partial charge on any atom is -0.325 e. The van der Waals surface area contributed by atoms with Gasteiger partial charge in [0.15, 0.2) is 15.0 Å². The van der Waals surface area contributed by atoms with Crippen LogP contribution in [0.15, 0.2) is 29.4 Å². The fourth-order valence-electron chi connectivity index (χ4n) is 3.01. The van der Waals surface area contributed by atoms with Crippen LogP contribution in [0.4, 0.5) is 5.69 Å². The van der Waals surface area contributed by atoms with Crippen molar-refractivity contribution in [3.8, 4) is 0 Å². The number of amides is 1. The van der Waals surface area contributed by atoms with Crippen LogP contribution in [0.25, 0.3) is 0 Å². The Labute approximate surface area is 163 Å². The van der Waals surface area contributed by atoms with Gasteiger partial charge in [0.25, 0.3) is 0 Å². The Morgan fingerprint density at radius 1 is 1.33 bits per heavy atom. The van der Waals surface area contributed by atoms with Gasteiger partial charge in [-0.2, -0.15) is 0 Å². The molecule has 0 spiro atoms. The second-order valence-electron chi connectivity index (χ2n) is 7.05. The number of hydrogen-bond acceptors (Lipinski definition) is 6. The number of aryl methyl sites for hydroxylation is 1. The topological polar surface area (TPSA) is 94.0 Å². The molecule has 27 heavy (non-hydrogen) atoms. The molecule has 0 radical (unpaired) electrons. The zero-order valence-corrected chi connectivity index (χ0v) is 17.3. The lowest BCUT2D eigenvalue weighted by atomic mass is 10.1. The van der Waals surface area contributed by atoms with E-state index in [2.05, 4.69) is 15.5 Å². The minimum atomic E-state index is -2.90. The molecule has 1 N–H and O–H groups in total. The van der Waals surface area contributed by atoms with Crippen LogP contribution in [-0.2, 0) is 28.1 Å². The number of nitrogens with one attached hydrogen (secondary N) is 1. The average molecular weight is 409 g/mol. The molecule has 0 bridgehead atoms. The lowest BCUT2D eigenvalue weighted by molar-refractivity contribution is -0.115. The summed E-state index contributed by atoms with van der Waals surface area (Å²) in [6, 6.07) is 7.65. The number of nitrogens with zero attached hydrogens (tertiary/aromatic N) is 3. The van der Waals surface area contributed by atoms with Crippen molar-refractivity contribution in [2.75, 3.05) is 16.8 Å². The molecule has 2 heterocycles. The zero-order valence-electron chi connectivity index (χ0n) is 15.7. The second-order valence-corrected chi connectivity index (χ2v) is 10.6. The maximum Gasteiger partial charge on any atom is 0.237 e. The smallest absolute Gasteiger partial charge is 0.237 e. The van der Waals surface area contributed by atoms with E-state index in [9.17, 15) is 13.2 Å². The zero-order chi connectivity index (χ0) is 19.6. The van der Waals surface area contributed by atoms with E-state index >= 15 is 0 Å². The molecule has 2 atom stereocenters. The van der Waals surface area contributed by atoms with Crippen LogP contribution in [0.1, 0.15) is 24.7 Å². The van der Waals surface area contributed by atoms with Crippen LogP contribution >= 0.6 is 11.8 Å². The third kappa shape index (κ3) is 5.10. The molecule has 0 unspecified atom stereocenters. The van der Waals surface area contributed by atoms with Crippen molar-refractivity contribution in [1.29, 1.82) is 0 Å². The summed E-state index contributed by atoms with van der Waals surface area (Å²) in [6.45, 7) is 3.82. The SMILES string of the molecule is Cc1ccc(NC(=O)[C@H](C)Sc2nnc(C[C@H]3CCS(=O)(=O)C3)n2C)cc1. The van der Waals surface area contributed by atoms with Gasteiger partial charge < -0.3 is 9.88 Å². The standard InChI is InChI=1S/C18H24N4O3S2/c1-12-4-6-15(7-5-12)19-17(23)13(2)26-18-21-20-16(22(18)3)10-14-8-9-27(24,25)11-14/h4-7,13-14H,8-11H2,1-3H3,(H,19,23)/t13-,14+/m0/s1. The summed E-state index contributed by atoms with van der Waals surface area (Å²) in [4.78, 5) is 12.4. The first-order chi connectivity index (χ1) is 12.7. The first kappa shape index (κ1) is 19.9. The van der Waals surface area contributed by atoms with Crippen molar-refractivity contribution in [2.24, 2.45) is 13.0 Å². The molecule has 9 heteroatoms. The first-order valence-corrected chi connectivity index (χ1v) is 11.6. The van der Waals surface area contributed by atoms with Crippen LogP contribution in [0, 0.1) is 12.8 Å². The van der Waals surface area contributed by atoms with Gasteiger partial charge in [0.2, 0.25) is 5.91 Å². The van der Waals surface area contributed by atoms with Crippen molar-refractivity contribution in [3.05, 3.63) is 35.7 Å².